The first-order valence-corrected chi connectivity index (χ1v) is 12.7. The van der Waals surface area contributed by atoms with E-state index < -0.39 is 56.2 Å². The topological polar surface area (TPSA) is 120 Å². The van der Waals surface area contributed by atoms with Crippen molar-refractivity contribution in [3.05, 3.63) is 70.9 Å². The zero-order valence-electron chi connectivity index (χ0n) is 20.6. The molecule has 0 bridgehead atoms. The zero-order chi connectivity index (χ0) is 28.3. The fourth-order valence-corrected chi connectivity index (χ4v) is 4.56. The van der Waals surface area contributed by atoms with E-state index in [0.717, 1.165) is 13.0 Å². The van der Waals surface area contributed by atoms with Gasteiger partial charge in [0.1, 0.15) is 12.2 Å². The van der Waals surface area contributed by atoms with Gasteiger partial charge in [-0.25, -0.2) is 14.2 Å². The number of methoxy groups -OCH3 is 1. The molecule has 1 atom stereocenters. The Bertz CT molecular complexity index is 1520. The molecule has 0 aliphatic carbocycles. The molecule has 9 nitrogen and oxygen atoms in total. The molecule has 0 aliphatic heterocycles. The van der Waals surface area contributed by atoms with Crippen molar-refractivity contribution in [1.82, 2.24) is 9.97 Å². The van der Waals surface area contributed by atoms with Crippen LogP contribution in [0.2, 0.25) is 0 Å². The lowest BCUT2D eigenvalue weighted by molar-refractivity contribution is -0.138. The number of hydrogen-bond acceptors (Lipinski definition) is 7. The van der Waals surface area contributed by atoms with Gasteiger partial charge in [-0.1, -0.05) is 6.07 Å². The third-order valence-electron chi connectivity index (χ3n) is 5.12. The van der Waals surface area contributed by atoms with Gasteiger partial charge >= 0.3 is 6.18 Å². The molecular formula is C24H22F4N4O5S. The first-order valence-electron chi connectivity index (χ1n) is 10.8. The summed E-state index contributed by atoms with van der Waals surface area (Å²) in [5.41, 5.74) is -2.04. The zero-order valence-corrected chi connectivity index (χ0v) is 21.4. The maximum atomic E-state index is 13.6. The first kappa shape index (κ1) is 28.7. The van der Waals surface area contributed by atoms with Crippen LogP contribution in [0.4, 0.5) is 23.2 Å². The number of amides is 2. The van der Waals surface area contributed by atoms with E-state index in [2.05, 4.69) is 24.4 Å². The lowest BCUT2D eigenvalue weighted by Crippen LogP contribution is -2.19. The van der Waals surface area contributed by atoms with Crippen molar-refractivity contribution in [1.29, 1.82) is 0 Å². The molecule has 3 rings (SSSR count). The SMILES string of the molecule is COCC(=O)N=[S@](C)(=O)c1cccc(NC(=O)c2c(Oc3ccc(F)nc3C)ncc(C(F)(F)F)c2C)c1. The summed E-state index contributed by atoms with van der Waals surface area (Å²) in [5, 5.41) is 2.44. The number of aromatic nitrogens is 2. The van der Waals surface area contributed by atoms with Gasteiger partial charge in [0, 0.05) is 30.1 Å². The maximum Gasteiger partial charge on any atom is 0.418 e. The van der Waals surface area contributed by atoms with Gasteiger partial charge in [0.05, 0.1) is 21.0 Å². The Balaban J connectivity index is 2.04. The molecule has 2 amide bonds. The van der Waals surface area contributed by atoms with Gasteiger partial charge in [0.15, 0.2) is 5.75 Å². The second-order valence-electron chi connectivity index (χ2n) is 8.00. The summed E-state index contributed by atoms with van der Waals surface area (Å²) in [6.45, 7) is 2.11. The summed E-state index contributed by atoms with van der Waals surface area (Å²) in [6.07, 6.45) is -3.08. The molecule has 0 aliphatic rings. The number of ether oxygens (including phenoxy) is 2. The number of pyridine rings is 2. The molecule has 0 fully saturated rings. The molecule has 2 aromatic heterocycles. The number of aryl methyl sites for hydroxylation is 1. The van der Waals surface area contributed by atoms with Gasteiger partial charge < -0.3 is 14.8 Å². The minimum Gasteiger partial charge on any atom is -0.436 e. The van der Waals surface area contributed by atoms with Crippen LogP contribution in [0.15, 0.2) is 51.9 Å². The fraction of sp³-hybridized carbons (Fsp3) is 0.250. The number of nitrogens with zero attached hydrogens (tertiary/aromatic N) is 3. The van der Waals surface area contributed by atoms with Crippen molar-refractivity contribution in [3.63, 3.8) is 0 Å². The normalized spacial score (nSPS) is 12.9. The highest BCUT2D eigenvalue weighted by molar-refractivity contribution is 7.93. The van der Waals surface area contributed by atoms with Crippen molar-refractivity contribution < 1.29 is 40.8 Å². The van der Waals surface area contributed by atoms with Crippen molar-refractivity contribution in [2.75, 3.05) is 25.3 Å². The Morgan fingerprint density at radius 1 is 1.16 bits per heavy atom. The largest absolute Gasteiger partial charge is 0.436 e. The fourth-order valence-electron chi connectivity index (χ4n) is 3.34. The predicted octanol–water partition coefficient (Wildman–Crippen LogP) is 4.93. The van der Waals surface area contributed by atoms with E-state index in [0.29, 0.717) is 6.20 Å². The number of alkyl halides is 3. The van der Waals surface area contributed by atoms with Crippen LogP contribution in [0.5, 0.6) is 11.6 Å². The predicted molar refractivity (Wildman–Crippen MR) is 129 cm³/mol. The average Bonchev–Trinajstić information content (AvgIpc) is 2.80. The number of hydrogen-bond donors (Lipinski definition) is 1. The lowest BCUT2D eigenvalue weighted by atomic mass is 10.0. The standard InChI is InChI=1S/C24H22F4N4O5S/c1-13-17(24(26,27)28)11-29-23(37-18-8-9-19(25)30-14(18)2)21(13)22(34)31-15-6-5-7-16(10-15)38(4,35)32-20(33)12-36-3/h5-11H,12H2,1-4H3,(H,31,34)/t38-/m1/s1. The van der Waals surface area contributed by atoms with Crippen LogP contribution in [0.1, 0.15) is 27.2 Å². The summed E-state index contributed by atoms with van der Waals surface area (Å²) < 4.78 is 81.0. The van der Waals surface area contributed by atoms with E-state index in [1.165, 1.54) is 50.6 Å². The van der Waals surface area contributed by atoms with Gasteiger partial charge in [-0.15, -0.1) is 0 Å². The molecule has 1 aromatic carbocycles. The Morgan fingerprint density at radius 2 is 1.87 bits per heavy atom. The average molecular weight is 555 g/mol. The third-order valence-corrected chi connectivity index (χ3v) is 6.80. The van der Waals surface area contributed by atoms with Crippen LogP contribution in [-0.2, 0) is 25.4 Å². The van der Waals surface area contributed by atoms with Crippen LogP contribution in [-0.4, -0.2) is 46.0 Å². The van der Waals surface area contributed by atoms with Crippen molar-refractivity contribution >= 4 is 27.2 Å². The van der Waals surface area contributed by atoms with E-state index in [-0.39, 0.29) is 28.6 Å². The number of anilines is 1. The second kappa shape index (κ2) is 11.2. The molecule has 0 saturated heterocycles. The van der Waals surface area contributed by atoms with Gasteiger partial charge in [-0.3, -0.25) is 9.59 Å². The van der Waals surface area contributed by atoms with Crippen LogP contribution in [0, 0.1) is 19.8 Å². The van der Waals surface area contributed by atoms with Crippen LogP contribution >= 0.6 is 0 Å². The van der Waals surface area contributed by atoms with Crippen molar-refractivity contribution in [3.8, 4) is 11.6 Å². The Hall–Kier alpha value is -3.91. The highest BCUT2D eigenvalue weighted by Crippen LogP contribution is 2.37. The van der Waals surface area contributed by atoms with Crippen LogP contribution in [0.3, 0.4) is 0 Å². The second-order valence-corrected chi connectivity index (χ2v) is 10.3. The molecule has 202 valence electrons. The van der Waals surface area contributed by atoms with Crippen molar-refractivity contribution in [2.45, 2.75) is 24.9 Å². The monoisotopic (exact) mass is 554 g/mol. The quantitative estimate of drug-likeness (QED) is 0.325. The molecule has 2 heterocycles. The number of benzene rings is 1. The molecule has 0 radical (unpaired) electrons. The van der Waals surface area contributed by atoms with E-state index in [1.54, 1.807) is 0 Å². The summed E-state index contributed by atoms with van der Waals surface area (Å²) in [6, 6.07) is 7.69. The number of carbonyl (C=O) groups is 2. The lowest BCUT2D eigenvalue weighted by Gasteiger charge is -2.17. The number of nitrogens with one attached hydrogen (secondary N) is 1. The maximum absolute atomic E-state index is 13.6. The van der Waals surface area contributed by atoms with Gasteiger partial charge in [0.25, 0.3) is 11.8 Å². The Kier molecular flexibility index (Phi) is 8.47. The minimum absolute atomic E-state index is 0.0258. The van der Waals surface area contributed by atoms with E-state index >= 15 is 0 Å². The minimum atomic E-state index is -4.82. The molecule has 0 unspecified atom stereocenters. The highest BCUT2D eigenvalue weighted by Gasteiger charge is 2.36. The van der Waals surface area contributed by atoms with Gasteiger partial charge in [0.2, 0.25) is 11.8 Å². The highest BCUT2D eigenvalue weighted by atomic mass is 32.2. The van der Waals surface area contributed by atoms with E-state index in [4.69, 9.17) is 4.74 Å². The number of carbonyl (C=O) groups excluding carboxylic acids is 2. The van der Waals surface area contributed by atoms with Gasteiger partial charge in [-0.05, 0) is 49.7 Å². The van der Waals surface area contributed by atoms with E-state index in [9.17, 15) is 31.4 Å². The third kappa shape index (κ3) is 6.69. The molecule has 3 aromatic rings. The summed E-state index contributed by atoms with van der Waals surface area (Å²) >= 11 is 0. The summed E-state index contributed by atoms with van der Waals surface area (Å²) in [4.78, 5) is 32.4. The molecule has 38 heavy (non-hydrogen) atoms. The Labute approximate surface area is 215 Å². The van der Waals surface area contributed by atoms with E-state index in [1.807, 2.05) is 0 Å². The molecule has 1 N–H and O–H groups in total. The molecule has 0 spiro atoms. The molecular weight excluding hydrogens is 532 g/mol. The smallest absolute Gasteiger partial charge is 0.418 e. The summed E-state index contributed by atoms with van der Waals surface area (Å²) in [7, 11) is -1.95. The number of rotatable bonds is 7. The Morgan fingerprint density at radius 3 is 2.50 bits per heavy atom. The number of halogens is 4. The van der Waals surface area contributed by atoms with Crippen molar-refractivity contribution in [2.24, 2.45) is 4.36 Å². The van der Waals surface area contributed by atoms with Crippen LogP contribution in [0.25, 0.3) is 0 Å². The van der Waals surface area contributed by atoms with Gasteiger partial charge in [-0.2, -0.15) is 21.9 Å². The summed E-state index contributed by atoms with van der Waals surface area (Å²) in [5.74, 6) is -3.07. The molecule has 0 saturated carbocycles. The first-order chi connectivity index (χ1) is 17.7. The molecule has 14 heteroatoms. The van der Waals surface area contributed by atoms with Crippen LogP contribution < -0.4 is 10.1 Å².